The summed E-state index contributed by atoms with van der Waals surface area (Å²) in [6.45, 7) is 7.61. The molecule has 98 valence electrons. The molecule has 0 aliphatic carbocycles. The van der Waals surface area contributed by atoms with Gasteiger partial charge in [0.15, 0.2) is 0 Å². The van der Waals surface area contributed by atoms with Gasteiger partial charge in [-0.2, -0.15) is 0 Å². The van der Waals surface area contributed by atoms with Gasteiger partial charge in [0.2, 0.25) is 0 Å². The number of hydrogen-bond donors (Lipinski definition) is 3. The van der Waals surface area contributed by atoms with Crippen LogP contribution in [-0.4, -0.2) is 54.6 Å². The van der Waals surface area contributed by atoms with Gasteiger partial charge >= 0.3 is 8.56 Å². The Balaban J connectivity index is 3.90. The Labute approximate surface area is 100 Å². The zero-order valence-electron chi connectivity index (χ0n) is 11.0. The zero-order chi connectivity index (χ0) is 12.4. The minimum atomic E-state index is -2.06. The first-order chi connectivity index (χ1) is 7.64. The zero-order valence-corrected chi connectivity index (χ0v) is 12.0. The van der Waals surface area contributed by atoms with Crippen LogP contribution >= 0.6 is 0 Å². The van der Waals surface area contributed by atoms with Gasteiger partial charge in [0.1, 0.15) is 0 Å². The summed E-state index contributed by atoms with van der Waals surface area (Å²) in [5.41, 5.74) is 5.71. The molecule has 0 aliphatic rings. The summed E-state index contributed by atoms with van der Waals surface area (Å²) in [5, 5.41) is 6.73. The molecule has 0 amide bonds. The largest absolute Gasteiger partial charge is 0.397 e. The summed E-state index contributed by atoms with van der Waals surface area (Å²) in [6.07, 6.45) is 1.02. The van der Waals surface area contributed by atoms with Crippen molar-refractivity contribution in [1.29, 1.82) is 0 Å². The lowest BCUT2D eigenvalue weighted by Gasteiger charge is -2.32. The molecule has 0 saturated heterocycles. The predicted octanol–water partition coefficient (Wildman–Crippen LogP) is -0.193. The molecule has 5 nitrogen and oxygen atoms in total. The number of hydrogen-bond acceptors (Lipinski definition) is 5. The number of rotatable bonds is 10. The summed E-state index contributed by atoms with van der Waals surface area (Å²) in [6, 6.07) is 0. The molecule has 0 rings (SSSR count). The highest BCUT2D eigenvalue weighted by molar-refractivity contribution is 6.67. The molecule has 0 aromatic rings. The van der Waals surface area contributed by atoms with E-state index in [1.165, 1.54) is 0 Å². The van der Waals surface area contributed by atoms with Crippen LogP contribution in [0, 0.1) is 0 Å². The molecule has 0 fully saturated rings. The molecule has 0 aliphatic heterocycles. The van der Waals surface area contributed by atoms with Crippen LogP contribution in [0.3, 0.4) is 0 Å². The van der Waals surface area contributed by atoms with Gasteiger partial charge in [0.25, 0.3) is 0 Å². The van der Waals surface area contributed by atoms with Crippen molar-refractivity contribution in [1.82, 2.24) is 10.6 Å². The van der Waals surface area contributed by atoms with Crippen LogP contribution in [0.1, 0.15) is 13.3 Å². The maximum Gasteiger partial charge on any atom is 0.351 e. The van der Waals surface area contributed by atoms with Crippen LogP contribution in [0.15, 0.2) is 0 Å². The quantitative estimate of drug-likeness (QED) is 0.370. The fourth-order valence-corrected chi connectivity index (χ4v) is 3.62. The van der Waals surface area contributed by atoms with Crippen molar-refractivity contribution in [3.05, 3.63) is 0 Å². The molecule has 0 aromatic carbocycles. The van der Waals surface area contributed by atoms with Gasteiger partial charge in [-0.3, -0.25) is 0 Å². The monoisotopic (exact) mass is 249 g/mol. The molecule has 0 heterocycles. The second-order valence-corrected chi connectivity index (χ2v) is 7.42. The van der Waals surface area contributed by atoms with Crippen LogP contribution in [0.25, 0.3) is 0 Å². The Hall–Kier alpha value is 0.0169. The second kappa shape index (κ2) is 9.09. The highest BCUT2D eigenvalue weighted by Gasteiger charge is 2.37. The molecular formula is C10H27N3O2Si. The fourth-order valence-electron chi connectivity index (χ4n) is 1.63. The molecular weight excluding hydrogens is 222 g/mol. The van der Waals surface area contributed by atoms with Gasteiger partial charge in [-0.25, -0.2) is 0 Å². The van der Waals surface area contributed by atoms with E-state index in [0.717, 1.165) is 26.1 Å². The summed E-state index contributed by atoms with van der Waals surface area (Å²) in [7, 11) is 1.40. The van der Waals surface area contributed by atoms with Crippen molar-refractivity contribution in [2.24, 2.45) is 5.73 Å². The minimum Gasteiger partial charge on any atom is -0.397 e. The lowest BCUT2D eigenvalue weighted by Crippen LogP contribution is -2.57. The Morgan fingerprint density at radius 3 is 2.25 bits per heavy atom. The number of nitrogens with one attached hydrogen (secondary N) is 2. The average Bonchev–Trinajstić information content (AvgIpc) is 2.33. The maximum absolute atomic E-state index is 5.53. The Bertz CT molecular complexity index is 168. The van der Waals surface area contributed by atoms with E-state index in [4.69, 9.17) is 14.6 Å². The van der Waals surface area contributed by atoms with E-state index in [2.05, 4.69) is 24.1 Å². The standard InChI is InChI=1S/C10H27N3O2Si/c1-5-10(16(4,14-2)15-3)13-9-8-12-7-6-11/h10,12-13H,5-9,11H2,1-4H3. The van der Waals surface area contributed by atoms with Gasteiger partial charge in [0.05, 0.1) is 5.67 Å². The molecule has 0 spiro atoms. The Morgan fingerprint density at radius 2 is 1.81 bits per heavy atom. The summed E-state index contributed by atoms with van der Waals surface area (Å²) in [5.74, 6) is 0. The van der Waals surface area contributed by atoms with E-state index in [9.17, 15) is 0 Å². The van der Waals surface area contributed by atoms with Gasteiger partial charge in [-0.1, -0.05) is 6.92 Å². The van der Waals surface area contributed by atoms with Crippen LogP contribution in [-0.2, 0) is 8.85 Å². The molecule has 6 heteroatoms. The highest BCUT2D eigenvalue weighted by Crippen LogP contribution is 2.12. The van der Waals surface area contributed by atoms with Crippen molar-refractivity contribution in [3.8, 4) is 0 Å². The second-order valence-electron chi connectivity index (χ2n) is 3.88. The first-order valence-electron chi connectivity index (χ1n) is 5.89. The van der Waals surface area contributed by atoms with Gasteiger partial charge in [-0.15, -0.1) is 0 Å². The molecule has 16 heavy (non-hydrogen) atoms. The van der Waals surface area contributed by atoms with Crippen molar-refractivity contribution in [2.75, 3.05) is 40.4 Å². The first kappa shape index (κ1) is 16.0. The van der Waals surface area contributed by atoms with E-state index >= 15 is 0 Å². The molecule has 1 unspecified atom stereocenters. The maximum atomic E-state index is 5.53. The first-order valence-corrected chi connectivity index (χ1v) is 8.28. The van der Waals surface area contributed by atoms with Crippen molar-refractivity contribution >= 4 is 8.56 Å². The molecule has 4 N–H and O–H groups in total. The van der Waals surface area contributed by atoms with E-state index in [1.807, 2.05) is 0 Å². The highest BCUT2D eigenvalue weighted by atomic mass is 28.4. The summed E-state index contributed by atoms with van der Waals surface area (Å²) >= 11 is 0. The van der Waals surface area contributed by atoms with Crippen molar-refractivity contribution < 1.29 is 8.85 Å². The predicted molar refractivity (Wildman–Crippen MR) is 69.6 cm³/mol. The lowest BCUT2D eigenvalue weighted by molar-refractivity contribution is 0.228. The van der Waals surface area contributed by atoms with Crippen LogP contribution in [0.4, 0.5) is 0 Å². The van der Waals surface area contributed by atoms with Crippen LogP contribution in [0.5, 0.6) is 0 Å². The lowest BCUT2D eigenvalue weighted by atomic mass is 10.4. The SMILES string of the molecule is CCC(NCCNCCN)[Si](C)(OC)OC. The molecule has 0 aromatic heterocycles. The van der Waals surface area contributed by atoms with Gasteiger partial charge in [0, 0.05) is 40.4 Å². The van der Waals surface area contributed by atoms with Crippen molar-refractivity contribution in [3.63, 3.8) is 0 Å². The van der Waals surface area contributed by atoms with E-state index in [1.54, 1.807) is 14.2 Å². The van der Waals surface area contributed by atoms with Gasteiger partial charge in [-0.05, 0) is 13.0 Å². The summed E-state index contributed by atoms with van der Waals surface area (Å²) < 4.78 is 11.1. The molecule has 0 bridgehead atoms. The van der Waals surface area contributed by atoms with Crippen LogP contribution < -0.4 is 16.4 Å². The Kier molecular flexibility index (Phi) is 9.10. The van der Waals surface area contributed by atoms with E-state index < -0.39 is 8.56 Å². The molecule has 0 radical (unpaired) electrons. The molecule has 1 atom stereocenters. The third-order valence-corrected chi connectivity index (χ3v) is 6.37. The van der Waals surface area contributed by atoms with E-state index in [-0.39, 0.29) is 0 Å². The van der Waals surface area contributed by atoms with Crippen LogP contribution in [0.2, 0.25) is 6.55 Å². The third-order valence-electron chi connectivity index (χ3n) is 2.87. The average molecular weight is 249 g/mol. The topological polar surface area (TPSA) is 68.5 Å². The third kappa shape index (κ3) is 5.38. The smallest absolute Gasteiger partial charge is 0.351 e. The van der Waals surface area contributed by atoms with Crippen molar-refractivity contribution in [2.45, 2.75) is 25.6 Å². The summed E-state index contributed by atoms with van der Waals surface area (Å²) in [4.78, 5) is 0. The number of nitrogens with two attached hydrogens (primary N) is 1. The molecule has 0 saturated carbocycles. The van der Waals surface area contributed by atoms with E-state index in [0.29, 0.717) is 12.2 Å². The van der Waals surface area contributed by atoms with Gasteiger partial charge < -0.3 is 25.2 Å². The fraction of sp³-hybridized carbons (Fsp3) is 1.00. The minimum absolute atomic E-state index is 0.321. The Morgan fingerprint density at radius 1 is 1.19 bits per heavy atom. The normalized spacial score (nSPS) is 14.1.